The fourth-order valence-electron chi connectivity index (χ4n) is 4.82. The van der Waals surface area contributed by atoms with Gasteiger partial charge in [-0.15, -0.1) is 0 Å². The van der Waals surface area contributed by atoms with Crippen molar-refractivity contribution in [2.24, 2.45) is 0 Å². The van der Waals surface area contributed by atoms with Crippen LogP contribution in [0.25, 0.3) is 11.1 Å². The topological polar surface area (TPSA) is 186 Å². The van der Waals surface area contributed by atoms with E-state index in [1.165, 1.54) is 46.6 Å². The zero-order valence-electron chi connectivity index (χ0n) is 22.3. The summed E-state index contributed by atoms with van der Waals surface area (Å²) in [6.07, 6.45) is 0.423. The van der Waals surface area contributed by atoms with E-state index in [0.717, 1.165) is 12.1 Å². The molecule has 0 spiro atoms. The molecule has 0 bridgehead atoms. The first-order valence-corrected chi connectivity index (χ1v) is 13.4. The fourth-order valence-corrected chi connectivity index (χ4v) is 6.22. The molecule has 1 N–H and O–H groups in total. The molecule has 0 radical (unpaired) electrons. The Morgan fingerprint density at radius 3 is 2.12 bits per heavy atom. The Hall–Kier alpha value is -4.76. The normalized spacial score (nSPS) is 14.2. The molecule has 15 heteroatoms. The van der Waals surface area contributed by atoms with Crippen LogP contribution in [0.1, 0.15) is 23.6 Å². The van der Waals surface area contributed by atoms with Crippen molar-refractivity contribution in [2.45, 2.75) is 23.8 Å². The van der Waals surface area contributed by atoms with Gasteiger partial charge in [0.2, 0.25) is 21.2 Å². The summed E-state index contributed by atoms with van der Waals surface area (Å²) in [7, 11) is 0.979. The molecule has 1 atom stereocenters. The van der Waals surface area contributed by atoms with E-state index in [1.54, 1.807) is 6.07 Å². The third kappa shape index (κ3) is 5.36. The number of nitro groups is 2. The van der Waals surface area contributed by atoms with Crippen LogP contribution in [0.5, 0.6) is 23.0 Å². The SMILES string of the molecule is COc1cc2c(c(OC)c1OC)-c1ccc(=O)c(OC)cc1[C@@H](NS(=O)(=O)c1ccc([N+](=O)[O-])cc1[N+](=O)[O-])CC2. The molecule has 1 aliphatic rings. The van der Waals surface area contributed by atoms with Gasteiger partial charge < -0.3 is 18.9 Å². The molecule has 0 fully saturated rings. The van der Waals surface area contributed by atoms with Crippen molar-refractivity contribution in [3.8, 4) is 34.1 Å². The number of benzene rings is 2. The first kappa shape index (κ1) is 29.2. The van der Waals surface area contributed by atoms with Crippen LogP contribution in [-0.2, 0) is 16.4 Å². The van der Waals surface area contributed by atoms with Gasteiger partial charge in [0.15, 0.2) is 22.1 Å². The van der Waals surface area contributed by atoms with E-state index in [0.29, 0.717) is 34.1 Å². The summed E-state index contributed by atoms with van der Waals surface area (Å²) >= 11 is 0. The summed E-state index contributed by atoms with van der Waals surface area (Å²) in [5, 5.41) is 22.8. The molecule has 0 aromatic heterocycles. The van der Waals surface area contributed by atoms with Crippen LogP contribution >= 0.6 is 0 Å². The van der Waals surface area contributed by atoms with Crippen molar-refractivity contribution < 1.29 is 37.2 Å². The Morgan fingerprint density at radius 2 is 1.54 bits per heavy atom. The highest BCUT2D eigenvalue weighted by atomic mass is 32.2. The first-order valence-electron chi connectivity index (χ1n) is 12.0. The van der Waals surface area contributed by atoms with Gasteiger partial charge in [-0.05, 0) is 59.9 Å². The Labute approximate surface area is 233 Å². The lowest BCUT2D eigenvalue weighted by Gasteiger charge is -2.20. The highest BCUT2D eigenvalue weighted by Crippen LogP contribution is 2.50. The summed E-state index contributed by atoms with van der Waals surface area (Å²) in [5.74, 6) is 0.864. The summed E-state index contributed by atoms with van der Waals surface area (Å²) in [6.45, 7) is 0. The largest absolute Gasteiger partial charge is 0.493 e. The third-order valence-corrected chi connectivity index (χ3v) is 8.18. The van der Waals surface area contributed by atoms with Crippen LogP contribution in [0.15, 0.2) is 52.2 Å². The van der Waals surface area contributed by atoms with E-state index in [2.05, 4.69) is 4.72 Å². The van der Waals surface area contributed by atoms with Crippen molar-refractivity contribution >= 4 is 21.4 Å². The molecule has 0 aliphatic heterocycles. The van der Waals surface area contributed by atoms with Crippen molar-refractivity contribution in [3.05, 3.63) is 84.0 Å². The highest BCUT2D eigenvalue weighted by Gasteiger charge is 2.34. The molecule has 4 rings (SSSR count). The maximum atomic E-state index is 13.6. The number of non-ortho nitro benzene ring substituents is 1. The molecule has 0 heterocycles. The van der Waals surface area contributed by atoms with Crippen LogP contribution in [0, 0.1) is 20.2 Å². The predicted octanol–water partition coefficient (Wildman–Crippen LogP) is 3.53. The average molecular weight is 588 g/mol. The summed E-state index contributed by atoms with van der Waals surface area (Å²) in [5.41, 5.74) is -0.113. The Morgan fingerprint density at radius 1 is 0.854 bits per heavy atom. The Kier molecular flexibility index (Phi) is 8.12. The number of nitrogens with one attached hydrogen (secondary N) is 1. The quantitative estimate of drug-likeness (QED) is 0.285. The minimum atomic E-state index is -4.63. The highest BCUT2D eigenvalue weighted by molar-refractivity contribution is 7.89. The minimum absolute atomic E-state index is 0.0698. The van der Waals surface area contributed by atoms with Crippen molar-refractivity contribution in [3.63, 3.8) is 0 Å². The number of fused-ring (bicyclic) bond motifs is 3. The minimum Gasteiger partial charge on any atom is -0.493 e. The second-order valence-corrected chi connectivity index (χ2v) is 10.5. The zero-order valence-corrected chi connectivity index (χ0v) is 23.1. The number of hydrogen-bond acceptors (Lipinski definition) is 11. The number of nitrogens with zero attached hydrogens (tertiary/aromatic N) is 2. The van der Waals surface area contributed by atoms with E-state index in [-0.39, 0.29) is 30.1 Å². The van der Waals surface area contributed by atoms with Crippen LogP contribution in [0.2, 0.25) is 0 Å². The fraction of sp³-hybridized carbons (Fsp3) is 0.269. The maximum absolute atomic E-state index is 13.6. The van der Waals surface area contributed by atoms with Crippen LogP contribution in [0.4, 0.5) is 11.4 Å². The van der Waals surface area contributed by atoms with Gasteiger partial charge in [0.25, 0.3) is 11.4 Å². The van der Waals surface area contributed by atoms with E-state index in [9.17, 15) is 33.4 Å². The maximum Gasteiger partial charge on any atom is 0.296 e. The third-order valence-electron chi connectivity index (χ3n) is 6.66. The second-order valence-electron chi connectivity index (χ2n) is 8.84. The Balaban J connectivity index is 1.97. The van der Waals surface area contributed by atoms with Crippen molar-refractivity contribution in [2.75, 3.05) is 28.4 Å². The lowest BCUT2D eigenvalue weighted by atomic mass is 9.95. The van der Waals surface area contributed by atoms with Crippen LogP contribution in [-0.4, -0.2) is 46.7 Å². The molecule has 0 unspecified atom stereocenters. The van der Waals surface area contributed by atoms with Gasteiger partial charge in [0.05, 0.1) is 44.4 Å². The number of methoxy groups -OCH3 is 4. The summed E-state index contributed by atoms with van der Waals surface area (Å²) in [4.78, 5) is 33.0. The van der Waals surface area contributed by atoms with Gasteiger partial charge in [0.1, 0.15) is 0 Å². The number of rotatable bonds is 9. The van der Waals surface area contributed by atoms with Gasteiger partial charge in [0, 0.05) is 17.7 Å². The molecule has 3 aromatic rings. The monoisotopic (exact) mass is 587 g/mol. The lowest BCUT2D eigenvalue weighted by Crippen LogP contribution is -2.29. The van der Waals surface area contributed by atoms with E-state index in [1.807, 2.05) is 0 Å². The van der Waals surface area contributed by atoms with Crippen LogP contribution < -0.4 is 29.1 Å². The smallest absolute Gasteiger partial charge is 0.296 e. The van der Waals surface area contributed by atoms with Gasteiger partial charge in [-0.1, -0.05) is 0 Å². The van der Waals surface area contributed by atoms with Crippen LogP contribution in [0.3, 0.4) is 0 Å². The van der Waals surface area contributed by atoms with E-state index in [4.69, 9.17) is 18.9 Å². The molecule has 41 heavy (non-hydrogen) atoms. The van der Waals surface area contributed by atoms with Gasteiger partial charge in [-0.25, -0.2) is 13.1 Å². The molecular formula is C26H25N3O11S. The first-order chi connectivity index (χ1) is 19.5. The van der Waals surface area contributed by atoms with E-state index >= 15 is 0 Å². The standard InChI is InChI=1S/C26H25N3O11S/c1-37-21-13-17-16(7-9-20(21)30)24-14(11-22(38-2)25(39-3)26(24)40-4)5-8-18(17)27-41(35,36)23-10-6-15(28(31)32)12-19(23)29(33)34/h6-7,9-13,18,27H,5,8H2,1-4H3/t18-/m0/s1. The molecule has 14 nitrogen and oxygen atoms in total. The molecular weight excluding hydrogens is 562 g/mol. The molecule has 0 amide bonds. The van der Waals surface area contributed by atoms with Crippen molar-refractivity contribution in [1.82, 2.24) is 4.72 Å². The molecule has 216 valence electrons. The number of aryl methyl sites for hydroxylation is 1. The molecule has 0 saturated heterocycles. The number of ether oxygens (including phenoxy) is 4. The molecule has 3 aromatic carbocycles. The Bertz CT molecular complexity index is 1720. The summed E-state index contributed by atoms with van der Waals surface area (Å²) in [6, 6.07) is 7.14. The summed E-state index contributed by atoms with van der Waals surface area (Å²) < 4.78 is 51.7. The number of nitro benzene ring substituents is 2. The van der Waals surface area contributed by atoms with Gasteiger partial charge >= 0.3 is 0 Å². The zero-order chi connectivity index (χ0) is 30.1. The number of hydrogen-bond donors (Lipinski definition) is 1. The predicted molar refractivity (Wildman–Crippen MR) is 145 cm³/mol. The van der Waals surface area contributed by atoms with E-state index < -0.39 is 47.6 Å². The molecule has 0 saturated carbocycles. The molecule has 1 aliphatic carbocycles. The average Bonchev–Trinajstić information content (AvgIpc) is 3.20. The lowest BCUT2D eigenvalue weighted by molar-refractivity contribution is -0.396. The van der Waals surface area contributed by atoms with Gasteiger partial charge in [-0.2, -0.15) is 0 Å². The number of sulfonamides is 1. The van der Waals surface area contributed by atoms with Crippen molar-refractivity contribution in [1.29, 1.82) is 0 Å². The second kappa shape index (κ2) is 11.4. The van der Waals surface area contributed by atoms with Gasteiger partial charge in [-0.3, -0.25) is 25.0 Å².